The average molecular weight is 373 g/mol. The maximum absolute atomic E-state index is 12.7. The van der Waals surface area contributed by atoms with E-state index in [9.17, 15) is 14.4 Å². The van der Waals surface area contributed by atoms with Crippen LogP contribution in [0.2, 0.25) is 0 Å². The fourth-order valence-corrected chi connectivity index (χ4v) is 3.43. The summed E-state index contributed by atoms with van der Waals surface area (Å²) in [6, 6.07) is 6.45. The van der Waals surface area contributed by atoms with Gasteiger partial charge in [-0.05, 0) is 55.9 Å². The molecule has 1 saturated carbocycles. The van der Waals surface area contributed by atoms with Gasteiger partial charge in [0.1, 0.15) is 11.8 Å². The summed E-state index contributed by atoms with van der Waals surface area (Å²) in [7, 11) is 1.57. The van der Waals surface area contributed by atoms with Crippen LogP contribution in [-0.2, 0) is 9.59 Å². The van der Waals surface area contributed by atoms with Gasteiger partial charge in [-0.15, -0.1) is 0 Å². The molecular weight excluding hydrogens is 346 g/mol. The smallest absolute Gasteiger partial charge is 0.251 e. The van der Waals surface area contributed by atoms with Crippen molar-refractivity contribution in [1.29, 1.82) is 0 Å². The summed E-state index contributed by atoms with van der Waals surface area (Å²) < 4.78 is 5.12. The summed E-state index contributed by atoms with van der Waals surface area (Å²) in [5.41, 5.74) is 0.487. The van der Waals surface area contributed by atoms with Crippen molar-refractivity contribution in [1.82, 2.24) is 15.5 Å². The van der Waals surface area contributed by atoms with Crippen LogP contribution in [-0.4, -0.2) is 54.9 Å². The van der Waals surface area contributed by atoms with Crippen LogP contribution in [0.5, 0.6) is 5.75 Å². The van der Waals surface area contributed by atoms with Gasteiger partial charge in [0, 0.05) is 31.6 Å². The minimum absolute atomic E-state index is 0.0153. The van der Waals surface area contributed by atoms with E-state index in [1.165, 1.54) is 0 Å². The van der Waals surface area contributed by atoms with Gasteiger partial charge < -0.3 is 20.3 Å². The number of likely N-dealkylation sites (tertiary alicyclic amines) is 1. The minimum atomic E-state index is -0.589. The van der Waals surface area contributed by atoms with Crippen molar-refractivity contribution in [3.8, 4) is 5.75 Å². The first-order valence-corrected chi connectivity index (χ1v) is 9.48. The second kappa shape index (κ2) is 8.41. The molecule has 1 aliphatic heterocycles. The number of nitrogens with zero attached hydrogens (tertiary/aromatic N) is 1. The van der Waals surface area contributed by atoms with Crippen molar-refractivity contribution >= 4 is 17.7 Å². The molecule has 1 atom stereocenters. The second-order valence-corrected chi connectivity index (χ2v) is 7.31. The lowest BCUT2D eigenvalue weighted by atomic mass is 9.88. The van der Waals surface area contributed by atoms with Gasteiger partial charge >= 0.3 is 0 Å². The molecule has 0 bridgehead atoms. The molecule has 3 rings (SSSR count). The van der Waals surface area contributed by atoms with Crippen molar-refractivity contribution in [2.45, 2.75) is 44.7 Å². The Hall–Kier alpha value is -2.57. The number of carbonyl (C=O) groups excluding carboxylic acids is 3. The van der Waals surface area contributed by atoms with Crippen LogP contribution in [0, 0.1) is 5.92 Å². The first-order valence-electron chi connectivity index (χ1n) is 9.48. The monoisotopic (exact) mass is 373 g/mol. The molecule has 0 unspecified atom stereocenters. The van der Waals surface area contributed by atoms with E-state index in [4.69, 9.17) is 4.74 Å². The van der Waals surface area contributed by atoms with Gasteiger partial charge in [0.25, 0.3) is 5.91 Å². The Balaban J connectivity index is 1.68. The van der Waals surface area contributed by atoms with Crippen LogP contribution in [0.15, 0.2) is 24.3 Å². The molecule has 1 heterocycles. The Bertz CT molecular complexity index is 692. The topological polar surface area (TPSA) is 87.7 Å². The highest BCUT2D eigenvalue weighted by molar-refractivity contribution is 5.97. The molecular formula is C20H27N3O4. The summed E-state index contributed by atoms with van der Waals surface area (Å²) in [5, 5.41) is 5.93. The minimum Gasteiger partial charge on any atom is -0.497 e. The van der Waals surface area contributed by atoms with Gasteiger partial charge in [0.05, 0.1) is 7.11 Å². The van der Waals surface area contributed by atoms with E-state index in [0.29, 0.717) is 37.2 Å². The molecule has 2 fully saturated rings. The number of nitrogens with one attached hydrogen (secondary N) is 2. The summed E-state index contributed by atoms with van der Waals surface area (Å²) in [4.78, 5) is 38.8. The zero-order valence-corrected chi connectivity index (χ0v) is 15.9. The van der Waals surface area contributed by atoms with Crippen molar-refractivity contribution in [3.63, 3.8) is 0 Å². The molecule has 1 aliphatic carbocycles. The van der Waals surface area contributed by atoms with E-state index in [0.717, 1.165) is 12.8 Å². The van der Waals surface area contributed by atoms with Crippen LogP contribution in [0.1, 0.15) is 43.0 Å². The third-order valence-corrected chi connectivity index (χ3v) is 5.30. The van der Waals surface area contributed by atoms with Crippen LogP contribution >= 0.6 is 0 Å². The molecule has 2 N–H and O–H groups in total. The van der Waals surface area contributed by atoms with Crippen molar-refractivity contribution in [2.24, 2.45) is 5.92 Å². The van der Waals surface area contributed by atoms with Crippen LogP contribution in [0.25, 0.3) is 0 Å². The number of rotatable bonds is 6. The van der Waals surface area contributed by atoms with Crippen molar-refractivity contribution in [2.75, 3.05) is 20.2 Å². The van der Waals surface area contributed by atoms with E-state index < -0.39 is 6.04 Å². The summed E-state index contributed by atoms with van der Waals surface area (Å²) in [5.74, 6) is 0.339. The maximum Gasteiger partial charge on any atom is 0.251 e. The molecule has 1 aromatic carbocycles. The third kappa shape index (κ3) is 4.99. The van der Waals surface area contributed by atoms with Gasteiger partial charge in [-0.25, -0.2) is 0 Å². The fourth-order valence-electron chi connectivity index (χ4n) is 3.43. The van der Waals surface area contributed by atoms with Gasteiger partial charge in [-0.2, -0.15) is 0 Å². The zero-order chi connectivity index (χ0) is 19.4. The second-order valence-electron chi connectivity index (χ2n) is 7.31. The number of amides is 3. The van der Waals surface area contributed by atoms with Gasteiger partial charge in [0.15, 0.2) is 0 Å². The largest absolute Gasteiger partial charge is 0.497 e. The molecule has 146 valence electrons. The predicted octanol–water partition coefficient (Wildman–Crippen LogP) is 1.33. The van der Waals surface area contributed by atoms with Crippen molar-refractivity contribution < 1.29 is 19.1 Å². The van der Waals surface area contributed by atoms with Crippen LogP contribution < -0.4 is 15.4 Å². The number of hydrogen-bond acceptors (Lipinski definition) is 4. The highest BCUT2D eigenvalue weighted by Gasteiger charge is 2.35. The Morgan fingerprint density at radius 1 is 1.07 bits per heavy atom. The van der Waals surface area contributed by atoms with E-state index >= 15 is 0 Å². The summed E-state index contributed by atoms with van der Waals surface area (Å²) in [6.45, 7) is 2.79. The molecule has 2 aliphatic rings. The lowest BCUT2D eigenvalue weighted by molar-refractivity contribution is -0.130. The van der Waals surface area contributed by atoms with Crippen LogP contribution in [0.4, 0.5) is 0 Å². The van der Waals surface area contributed by atoms with Gasteiger partial charge in [0.2, 0.25) is 11.8 Å². The number of ether oxygens (including phenoxy) is 1. The Labute approximate surface area is 159 Å². The molecule has 7 heteroatoms. The molecule has 0 spiro atoms. The van der Waals surface area contributed by atoms with E-state index in [1.54, 1.807) is 43.2 Å². The molecule has 0 aromatic heterocycles. The summed E-state index contributed by atoms with van der Waals surface area (Å²) >= 11 is 0. The average Bonchev–Trinajstić information content (AvgIpc) is 3.50. The normalized spacial score (nSPS) is 18.5. The molecule has 1 aromatic rings. The Morgan fingerprint density at radius 2 is 1.70 bits per heavy atom. The fraction of sp³-hybridized carbons (Fsp3) is 0.550. The number of hydrogen-bond donors (Lipinski definition) is 2. The van der Waals surface area contributed by atoms with Crippen molar-refractivity contribution in [3.05, 3.63) is 29.8 Å². The SMILES string of the molecule is COc1ccc(C(=O)N[C@H](C(=O)NC2CC2)C2CCN(C(C)=O)CC2)cc1. The zero-order valence-electron chi connectivity index (χ0n) is 15.9. The maximum atomic E-state index is 12.7. The third-order valence-electron chi connectivity index (χ3n) is 5.30. The molecule has 1 saturated heterocycles. The summed E-state index contributed by atoms with van der Waals surface area (Å²) in [6.07, 6.45) is 3.39. The molecule has 7 nitrogen and oxygen atoms in total. The highest BCUT2D eigenvalue weighted by Crippen LogP contribution is 2.24. The molecule has 27 heavy (non-hydrogen) atoms. The number of carbonyl (C=O) groups is 3. The lowest BCUT2D eigenvalue weighted by Crippen LogP contribution is -2.54. The first-order chi connectivity index (χ1) is 13.0. The number of benzene rings is 1. The number of piperidine rings is 1. The number of methoxy groups -OCH3 is 1. The van der Waals surface area contributed by atoms with E-state index in [2.05, 4.69) is 10.6 Å². The quantitative estimate of drug-likeness (QED) is 0.788. The Kier molecular flexibility index (Phi) is 5.98. The van der Waals surface area contributed by atoms with Crippen LogP contribution in [0.3, 0.4) is 0 Å². The predicted molar refractivity (Wildman–Crippen MR) is 100 cm³/mol. The first kappa shape index (κ1) is 19.2. The lowest BCUT2D eigenvalue weighted by Gasteiger charge is -2.35. The molecule has 0 radical (unpaired) electrons. The highest BCUT2D eigenvalue weighted by atomic mass is 16.5. The Morgan fingerprint density at radius 3 is 2.22 bits per heavy atom. The van der Waals surface area contributed by atoms with Gasteiger partial charge in [-0.3, -0.25) is 14.4 Å². The standard InChI is InChI=1S/C20H27N3O4/c1-13(24)23-11-9-14(10-12-23)18(20(26)21-16-5-6-16)22-19(25)15-3-7-17(27-2)8-4-15/h3-4,7-8,14,16,18H,5-6,9-12H2,1-2H3,(H,21,26)(H,22,25)/t18-/m0/s1. The molecule has 3 amide bonds. The van der Waals surface area contributed by atoms with Gasteiger partial charge in [-0.1, -0.05) is 0 Å². The van der Waals surface area contributed by atoms with E-state index in [1.807, 2.05) is 0 Å². The van der Waals surface area contributed by atoms with E-state index in [-0.39, 0.29) is 29.7 Å².